The molecule has 9 nitrogen and oxygen atoms in total. The Morgan fingerprint density at radius 3 is 1.62 bits per heavy atom. The van der Waals surface area contributed by atoms with Crippen molar-refractivity contribution in [1.82, 2.24) is 16.0 Å². The monoisotopic (exact) mass is 474 g/mol. The van der Waals surface area contributed by atoms with Gasteiger partial charge in [0.15, 0.2) is 0 Å². The van der Waals surface area contributed by atoms with Crippen LogP contribution in [0.3, 0.4) is 0 Å². The summed E-state index contributed by atoms with van der Waals surface area (Å²) in [6, 6.07) is -3.54. The van der Waals surface area contributed by atoms with Crippen LogP contribution in [0.15, 0.2) is 0 Å². The lowest BCUT2D eigenvalue weighted by Crippen LogP contribution is -2.58. The average Bonchev–Trinajstić information content (AvgIpc) is 2.67. The van der Waals surface area contributed by atoms with Gasteiger partial charge in [-0.05, 0) is 49.0 Å². The first-order chi connectivity index (χ1) is 14.8. The molecule has 0 bridgehead atoms. The molecule has 0 saturated carbocycles. The van der Waals surface area contributed by atoms with Gasteiger partial charge in [0.05, 0.1) is 6.04 Å². The Bertz CT molecular complexity index is 627. The zero-order valence-corrected chi connectivity index (χ0v) is 21.3. The predicted molar refractivity (Wildman–Crippen MR) is 128 cm³/mol. The van der Waals surface area contributed by atoms with E-state index in [4.69, 9.17) is 5.73 Å². The summed E-state index contributed by atoms with van der Waals surface area (Å²) < 4.78 is 0. The van der Waals surface area contributed by atoms with Crippen molar-refractivity contribution in [3.05, 3.63) is 0 Å². The quantitative estimate of drug-likeness (QED) is 0.240. The lowest BCUT2D eigenvalue weighted by atomic mass is 9.98. The van der Waals surface area contributed by atoms with E-state index in [1.165, 1.54) is 0 Å². The summed E-state index contributed by atoms with van der Waals surface area (Å²) in [7, 11) is 0. The van der Waals surface area contributed by atoms with Gasteiger partial charge < -0.3 is 26.8 Å². The number of hydrogen-bond donors (Lipinski definition) is 5. The molecule has 32 heavy (non-hydrogen) atoms. The largest absolute Gasteiger partial charge is 0.480 e. The zero-order valence-electron chi connectivity index (χ0n) is 20.4. The Morgan fingerprint density at radius 1 is 0.812 bits per heavy atom. The highest BCUT2D eigenvalue weighted by Crippen LogP contribution is 2.11. The number of nitrogens with one attached hydrogen (secondary N) is 3. The number of rotatable bonds is 15. The van der Waals surface area contributed by atoms with Gasteiger partial charge in [0.2, 0.25) is 17.7 Å². The summed E-state index contributed by atoms with van der Waals surface area (Å²) in [6.45, 7) is 11.1. The molecule has 0 aromatic heterocycles. The van der Waals surface area contributed by atoms with E-state index in [1.807, 2.05) is 34.0 Å². The lowest BCUT2D eigenvalue weighted by molar-refractivity contribution is -0.143. The second-order valence-electron chi connectivity index (χ2n) is 9.34. The van der Waals surface area contributed by atoms with Crippen molar-refractivity contribution >= 4 is 35.5 Å². The number of hydrogen-bond acceptors (Lipinski definition) is 6. The molecule has 4 unspecified atom stereocenters. The number of carboxylic acid groups (broad SMARTS) is 1. The molecule has 0 saturated heterocycles. The molecule has 0 aliphatic carbocycles. The van der Waals surface area contributed by atoms with Crippen molar-refractivity contribution in [2.75, 3.05) is 12.0 Å². The molecular weight excluding hydrogens is 432 g/mol. The average molecular weight is 475 g/mol. The molecule has 0 radical (unpaired) electrons. The van der Waals surface area contributed by atoms with Crippen LogP contribution in [-0.4, -0.2) is 65.0 Å². The Kier molecular flexibility index (Phi) is 14.2. The van der Waals surface area contributed by atoms with Crippen LogP contribution in [0.4, 0.5) is 0 Å². The maximum atomic E-state index is 13.0. The predicted octanol–water partition coefficient (Wildman–Crippen LogP) is 1.35. The SMILES string of the molecule is CSCCC(N)C(=O)NC(CC(C)C)C(=O)NC(CC(C)C)C(=O)NC(C(=O)O)C(C)C. The molecular formula is C22H42N4O5S. The van der Waals surface area contributed by atoms with E-state index in [2.05, 4.69) is 16.0 Å². The third kappa shape index (κ3) is 11.7. The molecule has 0 aromatic carbocycles. The minimum Gasteiger partial charge on any atom is -0.480 e. The zero-order chi connectivity index (χ0) is 25.0. The maximum absolute atomic E-state index is 13.0. The summed E-state index contributed by atoms with van der Waals surface area (Å²) >= 11 is 1.58. The number of nitrogens with two attached hydrogens (primary N) is 1. The molecule has 0 heterocycles. The Hall–Kier alpha value is -1.81. The Labute approximate surface area is 196 Å². The molecule has 0 aliphatic heterocycles. The van der Waals surface area contributed by atoms with Crippen LogP contribution in [-0.2, 0) is 19.2 Å². The fourth-order valence-corrected chi connectivity index (χ4v) is 3.59. The number of carboxylic acids is 1. The van der Waals surface area contributed by atoms with Crippen LogP contribution in [0, 0.1) is 17.8 Å². The highest BCUT2D eigenvalue weighted by atomic mass is 32.2. The van der Waals surface area contributed by atoms with Gasteiger partial charge in [0, 0.05) is 0 Å². The second kappa shape index (κ2) is 15.1. The van der Waals surface area contributed by atoms with Crippen molar-refractivity contribution < 1.29 is 24.3 Å². The van der Waals surface area contributed by atoms with Crippen molar-refractivity contribution in [2.24, 2.45) is 23.5 Å². The van der Waals surface area contributed by atoms with E-state index >= 15 is 0 Å². The molecule has 10 heteroatoms. The molecule has 0 spiro atoms. The summed E-state index contributed by atoms with van der Waals surface area (Å²) in [5.74, 6) is -1.98. The minimum atomic E-state index is -1.13. The van der Waals surface area contributed by atoms with E-state index < -0.39 is 47.9 Å². The van der Waals surface area contributed by atoms with E-state index in [1.54, 1.807) is 25.6 Å². The fraction of sp³-hybridized carbons (Fsp3) is 0.818. The van der Waals surface area contributed by atoms with E-state index in [9.17, 15) is 24.3 Å². The van der Waals surface area contributed by atoms with Crippen LogP contribution < -0.4 is 21.7 Å². The topological polar surface area (TPSA) is 151 Å². The smallest absolute Gasteiger partial charge is 0.326 e. The fourth-order valence-electron chi connectivity index (χ4n) is 3.10. The van der Waals surface area contributed by atoms with Gasteiger partial charge in [-0.25, -0.2) is 4.79 Å². The van der Waals surface area contributed by atoms with Gasteiger partial charge in [0.25, 0.3) is 0 Å². The van der Waals surface area contributed by atoms with Crippen molar-refractivity contribution in [3.8, 4) is 0 Å². The van der Waals surface area contributed by atoms with Crippen LogP contribution in [0.25, 0.3) is 0 Å². The standard InChI is InChI=1S/C22H42N4O5S/c1-12(2)10-16(24-19(27)15(23)8-9-32-7)20(28)25-17(11-13(3)4)21(29)26-18(14(5)6)22(30)31/h12-18H,8-11,23H2,1-7H3,(H,24,27)(H,25,28)(H,26,29)(H,30,31). The van der Waals surface area contributed by atoms with Crippen LogP contribution in [0.5, 0.6) is 0 Å². The third-order valence-corrected chi connectivity index (χ3v) is 5.52. The molecule has 0 rings (SSSR count). The molecule has 0 aliphatic rings. The van der Waals surface area contributed by atoms with E-state index in [-0.39, 0.29) is 17.8 Å². The highest BCUT2D eigenvalue weighted by Gasteiger charge is 2.31. The number of thioether (sulfide) groups is 1. The number of carbonyl (C=O) groups excluding carboxylic acids is 3. The summed E-state index contributed by atoms with van der Waals surface area (Å²) in [4.78, 5) is 49.8. The molecule has 0 fully saturated rings. The van der Waals surface area contributed by atoms with Crippen molar-refractivity contribution in [3.63, 3.8) is 0 Å². The Balaban J connectivity index is 5.45. The van der Waals surface area contributed by atoms with Crippen molar-refractivity contribution in [2.45, 2.75) is 85.0 Å². The molecule has 4 atom stereocenters. The maximum Gasteiger partial charge on any atom is 0.326 e. The van der Waals surface area contributed by atoms with Gasteiger partial charge in [-0.15, -0.1) is 0 Å². The van der Waals surface area contributed by atoms with Crippen molar-refractivity contribution in [1.29, 1.82) is 0 Å². The minimum absolute atomic E-state index is 0.0754. The normalized spacial score (nSPS) is 15.2. The molecule has 3 amide bonds. The number of amides is 3. The summed E-state index contributed by atoms with van der Waals surface area (Å²) in [5, 5.41) is 17.3. The summed E-state index contributed by atoms with van der Waals surface area (Å²) in [6.07, 6.45) is 3.13. The number of carbonyl (C=O) groups is 4. The van der Waals surface area contributed by atoms with Gasteiger partial charge in [-0.2, -0.15) is 11.8 Å². The second-order valence-corrected chi connectivity index (χ2v) is 10.3. The lowest BCUT2D eigenvalue weighted by Gasteiger charge is -2.27. The highest BCUT2D eigenvalue weighted by molar-refractivity contribution is 7.98. The number of aliphatic carboxylic acids is 1. The van der Waals surface area contributed by atoms with Gasteiger partial charge in [-0.3, -0.25) is 14.4 Å². The van der Waals surface area contributed by atoms with E-state index in [0.717, 1.165) is 5.75 Å². The first-order valence-electron chi connectivity index (χ1n) is 11.2. The van der Waals surface area contributed by atoms with Gasteiger partial charge in [0.1, 0.15) is 18.1 Å². The first kappa shape index (κ1) is 30.2. The van der Waals surface area contributed by atoms with E-state index in [0.29, 0.717) is 19.3 Å². The van der Waals surface area contributed by atoms with Crippen LogP contribution in [0.2, 0.25) is 0 Å². The molecule has 6 N–H and O–H groups in total. The van der Waals surface area contributed by atoms with Gasteiger partial charge >= 0.3 is 5.97 Å². The van der Waals surface area contributed by atoms with Crippen LogP contribution in [0.1, 0.15) is 60.8 Å². The molecule has 0 aromatic rings. The van der Waals surface area contributed by atoms with Gasteiger partial charge in [-0.1, -0.05) is 41.5 Å². The van der Waals surface area contributed by atoms with Crippen LogP contribution >= 0.6 is 11.8 Å². The molecule has 186 valence electrons. The third-order valence-electron chi connectivity index (χ3n) is 4.88. The Morgan fingerprint density at radius 2 is 1.25 bits per heavy atom. The first-order valence-corrected chi connectivity index (χ1v) is 12.6. The summed E-state index contributed by atoms with van der Waals surface area (Å²) in [5.41, 5.74) is 5.93.